The molecule has 0 aromatic heterocycles. The number of benzene rings is 2. The molecule has 0 bridgehead atoms. The molecular weight excluding hydrogens is 422 g/mol. The molecule has 32 heavy (non-hydrogen) atoms. The van der Waals surface area contributed by atoms with Crippen LogP contribution in [0.5, 0.6) is 5.75 Å². The molecule has 0 amide bonds. The van der Waals surface area contributed by atoms with E-state index >= 15 is 0 Å². The number of aliphatic carboxylic acids is 1. The Morgan fingerprint density at radius 2 is 1.97 bits per heavy atom. The number of aryl methyl sites for hydroxylation is 1. The number of ether oxygens (including phenoxy) is 1. The maximum Gasteiger partial charge on any atom is 0.330 e. The van der Waals surface area contributed by atoms with Crippen molar-refractivity contribution in [3.63, 3.8) is 0 Å². The topological polar surface area (TPSA) is 49.8 Å². The molecule has 0 radical (unpaired) electrons. The molecule has 3 aliphatic rings. The van der Waals surface area contributed by atoms with Gasteiger partial charge in [0.05, 0.1) is 6.61 Å². The van der Waals surface area contributed by atoms with Crippen molar-refractivity contribution >= 4 is 23.1 Å². The molecule has 2 aliphatic carbocycles. The van der Waals surface area contributed by atoms with Gasteiger partial charge in [0, 0.05) is 17.0 Å². The van der Waals surface area contributed by atoms with Crippen molar-refractivity contribution in [2.45, 2.75) is 45.1 Å². The molecule has 2 aromatic carbocycles. The number of hydrogen-bond donors (Lipinski definition) is 1. The minimum Gasteiger partial charge on any atom is -0.493 e. The molecule has 2 aromatic rings. The zero-order chi connectivity index (χ0) is 22.3. The van der Waals surface area contributed by atoms with Crippen molar-refractivity contribution < 1.29 is 14.6 Å². The lowest BCUT2D eigenvalue weighted by Gasteiger charge is -2.35. The second kappa shape index (κ2) is 8.32. The lowest BCUT2D eigenvalue weighted by Crippen LogP contribution is -2.43. The fraction of sp³-hybridized carbons (Fsp3) is 0.370. The van der Waals surface area contributed by atoms with E-state index in [0.29, 0.717) is 6.54 Å². The Labute approximate surface area is 194 Å². The van der Waals surface area contributed by atoms with E-state index in [1.54, 1.807) is 6.08 Å². The fourth-order valence-electron chi connectivity index (χ4n) is 4.80. The van der Waals surface area contributed by atoms with Crippen LogP contribution in [0.25, 0.3) is 5.57 Å². The zero-order valence-corrected chi connectivity index (χ0v) is 19.1. The van der Waals surface area contributed by atoms with Crippen molar-refractivity contribution in [1.29, 1.82) is 0 Å². The van der Waals surface area contributed by atoms with Crippen LogP contribution in [0.4, 0.5) is 0 Å². The Hall–Kier alpha value is -2.72. The smallest absolute Gasteiger partial charge is 0.330 e. The fourth-order valence-corrected chi connectivity index (χ4v) is 4.93. The number of nitrogens with zero attached hydrogens (tertiary/aromatic N) is 1. The molecule has 1 saturated carbocycles. The number of carboxylic acid groups (broad SMARTS) is 1. The number of fused-ring (bicyclic) bond motifs is 1. The maximum atomic E-state index is 11.3. The first kappa shape index (κ1) is 21.1. The SMILES string of the molecule is CC1=C(CN2C=CC2C(=O)O)CCc2cc(OCC3(Cc4ccc(Cl)cc4)CC3)ccc21. The van der Waals surface area contributed by atoms with Gasteiger partial charge in [-0.2, -0.15) is 0 Å². The molecule has 4 nitrogen and oxygen atoms in total. The lowest BCUT2D eigenvalue weighted by molar-refractivity contribution is -0.141. The number of halogens is 1. The Morgan fingerprint density at radius 1 is 1.19 bits per heavy atom. The van der Waals surface area contributed by atoms with Gasteiger partial charge in [-0.05, 0) is 103 Å². The molecule has 0 spiro atoms. The molecule has 5 heteroatoms. The normalized spacial score (nSPS) is 20.6. The third-order valence-electron chi connectivity index (χ3n) is 7.15. The standard InChI is InChI=1S/C27H28ClNO3/c1-18-21(16-29-13-10-25(29)26(30)31)5-4-20-14-23(8-9-24(18)20)32-17-27(11-12-27)15-19-2-6-22(28)7-3-19/h2-3,6-10,13-14,25H,4-5,11-12,15-17H2,1H3,(H,30,31). The first-order chi connectivity index (χ1) is 15.4. The van der Waals surface area contributed by atoms with Crippen LogP contribution in [-0.2, 0) is 17.6 Å². The minimum atomic E-state index is -0.784. The van der Waals surface area contributed by atoms with Crippen LogP contribution in [0.2, 0.25) is 5.02 Å². The van der Waals surface area contributed by atoms with Gasteiger partial charge < -0.3 is 14.7 Å². The number of rotatable bonds is 8. The molecule has 1 atom stereocenters. The van der Waals surface area contributed by atoms with Gasteiger partial charge in [-0.15, -0.1) is 0 Å². The summed E-state index contributed by atoms with van der Waals surface area (Å²) in [6.45, 7) is 3.58. The first-order valence-electron chi connectivity index (χ1n) is 11.3. The summed E-state index contributed by atoms with van der Waals surface area (Å²) < 4.78 is 6.26. The van der Waals surface area contributed by atoms with Gasteiger partial charge >= 0.3 is 5.97 Å². The predicted molar refractivity (Wildman–Crippen MR) is 127 cm³/mol. The second-order valence-electron chi connectivity index (χ2n) is 9.44. The molecule has 1 heterocycles. The zero-order valence-electron chi connectivity index (χ0n) is 18.3. The quantitative estimate of drug-likeness (QED) is 0.558. The van der Waals surface area contributed by atoms with Crippen LogP contribution < -0.4 is 4.74 Å². The largest absolute Gasteiger partial charge is 0.493 e. The summed E-state index contributed by atoms with van der Waals surface area (Å²) in [5, 5.41) is 10.0. The second-order valence-corrected chi connectivity index (χ2v) is 9.87. The van der Waals surface area contributed by atoms with E-state index in [0.717, 1.165) is 36.6 Å². The van der Waals surface area contributed by atoms with Gasteiger partial charge in [0.1, 0.15) is 11.8 Å². The number of carbonyl (C=O) groups is 1. The summed E-state index contributed by atoms with van der Waals surface area (Å²) in [6.07, 6.45) is 8.97. The molecule has 1 N–H and O–H groups in total. The van der Waals surface area contributed by atoms with Crippen molar-refractivity contribution in [1.82, 2.24) is 4.90 Å². The predicted octanol–water partition coefficient (Wildman–Crippen LogP) is 5.74. The van der Waals surface area contributed by atoms with Crippen molar-refractivity contribution in [3.05, 3.63) is 82.0 Å². The summed E-state index contributed by atoms with van der Waals surface area (Å²) >= 11 is 6.01. The Balaban J connectivity index is 1.23. The summed E-state index contributed by atoms with van der Waals surface area (Å²) in [6, 6.07) is 14.1. The van der Waals surface area contributed by atoms with Crippen molar-refractivity contribution in [2.24, 2.45) is 5.41 Å². The van der Waals surface area contributed by atoms with E-state index in [1.807, 2.05) is 23.2 Å². The molecule has 1 fully saturated rings. The van der Waals surface area contributed by atoms with E-state index in [2.05, 4.69) is 37.3 Å². The summed E-state index contributed by atoms with van der Waals surface area (Å²) in [5.74, 6) is 0.159. The van der Waals surface area contributed by atoms with Gasteiger partial charge in [-0.25, -0.2) is 4.79 Å². The first-order valence-corrected chi connectivity index (χ1v) is 11.7. The van der Waals surface area contributed by atoms with Gasteiger partial charge in [0.25, 0.3) is 0 Å². The van der Waals surface area contributed by atoms with Crippen LogP contribution >= 0.6 is 11.6 Å². The van der Waals surface area contributed by atoms with E-state index < -0.39 is 12.0 Å². The highest BCUT2D eigenvalue weighted by molar-refractivity contribution is 6.30. The average Bonchev–Trinajstić information content (AvgIpc) is 3.52. The van der Waals surface area contributed by atoms with E-state index in [9.17, 15) is 9.90 Å². The monoisotopic (exact) mass is 449 g/mol. The molecule has 5 rings (SSSR count). The maximum absolute atomic E-state index is 11.3. The van der Waals surface area contributed by atoms with Crippen molar-refractivity contribution in [2.75, 3.05) is 13.2 Å². The highest BCUT2D eigenvalue weighted by atomic mass is 35.5. The lowest BCUT2D eigenvalue weighted by atomic mass is 9.85. The molecule has 1 unspecified atom stereocenters. The third-order valence-corrected chi connectivity index (χ3v) is 7.40. The van der Waals surface area contributed by atoms with E-state index in [-0.39, 0.29) is 5.41 Å². The number of carboxylic acids is 1. The Kier molecular flexibility index (Phi) is 5.50. The van der Waals surface area contributed by atoms with E-state index in [4.69, 9.17) is 16.3 Å². The highest BCUT2D eigenvalue weighted by Crippen LogP contribution is 2.49. The van der Waals surface area contributed by atoms with Crippen molar-refractivity contribution in [3.8, 4) is 5.75 Å². The van der Waals surface area contributed by atoms with Crippen LogP contribution in [0.1, 0.15) is 42.9 Å². The highest BCUT2D eigenvalue weighted by Gasteiger charge is 2.43. The molecule has 166 valence electrons. The van der Waals surface area contributed by atoms with Crippen LogP contribution in [-0.4, -0.2) is 35.2 Å². The van der Waals surface area contributed by atoms with E-state index in [1.165, 1.54) is 40.7 Å². The summed E-state index contributed by atoms with van der Waals surface area (Å²) in [7, 11) is 0. The summed E-state index contributed by atoms with van der Waals surface area (Å²) in [4.78, 5) is 13.2. The van der Waals surface area contributed by atoms with Crippen LogP contribution in [0.15, 0.2) is 60.3 Å². The van der Waals surface area contributed by atoms with Crippen LogP contribution in [0, 0.1) is 5.41 Å². The van der Waals surface area contributed by atoms with Gasteiger partial charge in [-0.1, -0.05) is 29.8 Å². The Morgan fingerprint density at radius 3 is 2.62 bits per heavy atom. The number of allylic oxidation sites excluding steroid dienone is 1. The minimum absolute atomic E-state index is 0.248. The van der Waals surface area contributed by atoms with Gasteiger partial charge in [-0.3, -0.25) is 0 Å². The Bertz CT molecular complexity index is 1100. The molecular formula is C27H28ClNO3. The molecule has 1 aliphatic heterocycles. The van der Waals surface area contributed by atoms with Gasteiger partial charge in [0.15, 0.2) is 0 Å². The molecule has 0 saturated heterocycles. The average molecular weight is 450 g/mol. The van der Waals surface area contributed by atoms with Crippen LogP contribution in [0.3, 0.4) is 0 Å². The number of hydrogen-bond acceptors (Lipinski definition) is 3. The van der Waals surface area contributed by atoms with Gasteiger partial charge in [0.2, 0.25) is 0 Å². The summed E-state index contributed by atoms with van der Waals surface area (Å²) in [5.41, 5.74) is 6.73. The third kappa shape index (κ3) is 4.29.